The topological polar surface area (TPSA) is 64.1 Å². The average molecular weight is 311 g/mol. The van der Waals surface area contributed by atoms with Gasteiger partial charge in [0.1, 0.15) is 0 Å². The molecule has 0 aliphatic heterocycles. The Kier molecular flexibility index (Phi) is 5.49. The van der Waals surface area contributed by atoms with Gasteiger partial charge in [-0.2, -0.15) is 0 Å². The molecule has 0 aliphatic carbocycles. The predicted octanol–water partition coefficient (Wildman–Crippen LogP) is 3.02. The van der Waals surface area contributed by atoms with Crippen LogP contribution in [-0.2, 0) is 22.5 Å². The first-order valence-electron chi connectivity index (χ1n) is 6.42. The highest BCUT2D eigenvalue weighted by Crippen LogP contribution is 2.19. The molecule has 108 valence electrons. The molecule has 0 amide bonds. The van der Waals surface area contributed by atoms with Crippen LogP contribution in [0.3, 0.4) is 0 Å². The first-order valence-corrected chi connectivity index (χ1v) is 8.12. The van der Waals surface area contributed by atoms with Crippen LogP contribution in [0.5, 0.6) is 0 Å². The summed E-state index contributed by atoms with van der Waals surface area (Å²) in [5.74, 6) is -0.171. The highest BCUT2D eigenvalue weighted by atomic mass is 32.1. The fraction of sp³-hybridized carbons (Fsp3) is 0.462. The van der Waals surface area contributed by atoms with Gasteiger partial charge >= 0.3 is 5.97 Å². The molecular weight excluding hydrogens is 294 g/mol. The molecule has 0 atom stereocenters. The third-order valence-electron chi connectivity index (χ3n) is 2.53. The van der Waals surface area contributed by atoms with E-state index in [-0.39, 0.29) is 5.97 Å². The van der Waals surface area contributed by atoms with E-state index in [9.17, 15) is 4.79 Å². The largest absolute Gasteiger partial charge is 0.466 e. The van der Waals surface area contributed by atoms with Gasteiger partial charge in [-0.3, -0.25) is 4.79 Å². The monoisotopic (exact) mass is 311 g/mol. The summed E-state index contributed by atoms with van der Waals surface area (Å²) in [7, 11) is 0. The van der Waals surface area contributed by atoms with Crippen LogP contribution in [0.15, 0.2) is 11.6 Å². The second-order valence-electron chi connectivity index (χ2n) is 4.15. The van der Waals surface area contributed by atoms with Gasteiger partial charge in [0.15, 0.2) is 5.13 Å². The van der Waals surface area contributed by atoms with Crippen LogP contribution in [0.1, 0.15) is 28.9 Å². The van der Waals surface area contributed by atoms with Gasteiger partial charge in [0.05, 0.1) is 30.3 Å². The maximum Gasteiger partial charge on any atom is 0.306 e. The van der Waals surface area contributed by atoms with Crippen molar-refractivity contribution in [3.8, 4) is 0 Å². The number of rotatable bonds is 7. The second kappa shape index (κ2) is 7.35. The zero-order valence-electron chi connectivity index (χ0n) is 11.5. The number of nitrogens with zero attached hydrogens (tertiary/aromatic N) is 2. The summed E-state index contributed by atoms with van der Waals surface area (Å²) in [5.41, 5.74) is 0.922. The van der Waals surface area contributed by atoms with E-state index in [0.29, 0.717) is 19.4 Å². The number of hydrogen-bond acceptors (Lipinski definition) is 7. The summed E-state index contributed by atoms with van der Waals surface area (Å²) in [6.07, 6.45) is 2.88. The fourth-order valence-corrected chi connectivity index (χ4v) is 3.09. The van der Waals surface area contributed by atoms with E-state index in [2.05, 4.69) is 15.3 Å². The molecule has 0 unspecified atom stereocenters. The molecule has 5 nitrogen and oxygen atoms in total. The first kappa shape index (κ1) is 14.9. The van der Waals surface area contributed by atoms with Gasteiger partial charge in [-0.15, -0.1) is 22.7 Å². The number of carbonyl (C=O) groups is 1. The van der Waals surface area contributed by atoms with E-state index in [1.165, 1.54) is 4.88 Å². The minimum atomic E-state index is -0.171. The van der Waals surface area contributed by atoms with Crippen LogP contribution in [0.25, 0.3) is 0 Å². The fourth-order valence-electron chi connectivity index (χ4n) is 1.62. The molecule has 7 heteroatoms. The summed E-state index contributed by atoms with van der Waals surface area (Å²) in [4.78, 5) is 21.1. The van der Waals surface area contributed by atoms with Gasteiger partial charge in [-0.25, -0.2) is 9.97 Å². The maximum absolute atomic E-state index is 11.3. The maximum atomic E-state index is 11.3. The lowest BCUT2D eigenvalue weighted by molar-refractivity contribution is -0.143. The van der Waals surface area contributed by atoms with Crippen LogP contribution in [0.2, 0.25) is 0 Å². The van der Waals surface area contributed by atoms with Crippen molar-refractivity contribution in [2.45, 2.75) is 33.2 Å². The average Bonchev–Trinajstić information content (AvgIpc) is 3.03. The molecule has 1 N–H and O–H groups in total. The lowest BCUT2D eigenvalue weighted by Gasteiger charge is -2.00. The Morgan fingerprint density at radius 1 is 1.50 bits per heavy atom. The SMILES string of the molecule is CCOC(=O)CCc1csc(NCc2cnc(C)s2)n1. The minimum Gasteiger partial charge on any atom is -0.466 e. The Balaban J connectivity index is 1.78. The normalized spacial score (nSPS) is 10.5. The molecule has 2 aromatic rings. The molecule has 0 fully saturated rings. The number of nitrogens with one attached hydrogen (secondary N) is 1. The van der Waals surface area contributed by atoms with Crippen molar-refractivity contribution in [3.63, 3.8) is 0 Å². The molecule has 0 spiro atoms. The van der Waals surface area contributed by atoms with Crippen molar-refractivity contribution in [3.05, 3.63) is 27.2 Å². The Bertz CT molecular complexity index is 565. The van der Waals surface area contributed by atoms with Crippen molar-refractivity contribution >= 4 is 33.8 Å². The number of anilines is 1. The molecule has 0 aromatic carbocycles. The Hall–Kier alpha value is -1.47. The number of esters is 1. The zero-order valence-corrected chi connectivity index (χ0v) is 13.1. The van der Waals surface area contributed by atoms with Gasteiger partial charge in [-0.05, 0) is 13.8 Å². The van der Waals surface area contributed by atoms with Crippen LogP contribution in [0, 0.1) is 6.92 Å². The van der Waals surface area contributed by atoms with E-state index in [1.54, 1.807) is 22.7 Å². The summed E-state index contributed by atoms with van der Waals surface area (Å²) in [6, 6.07) is 0. The lowest BCUT2D eigenvalue weighted by atomic mass is 10.2. The van der Waals surface area contributed by atoms with Crippen LogP contribution in [0.4, 0.5) is 5.13 Å². The highest BCUT2D eigenvalue weighted by molar-refractivity contribution is 7.13. The molecule has 0 radical (unpaired) electrons. The number of aryl methyl sites for hydroxylation is 2. The van der Waals surface area contributed by atoms with Gasteiger partial charge in [0.2, 0.25) is 0 Å². The van der Waals surface area contributed by atoms with Gasteiger partial charge < -0.3 is 10.1 Å². The molecule has 0 saturated heterocycles. The molecule has 0 saturated carbocycles. The standard InChI is InChI=1S/C13H17N3O2S2/c1-3-18-12(17)5-4-10-8-19-13(16-10)15-7-11-6-14-9(2)20-11/h6,8H,3-5,7H2,1-2H3,(H,15,16). The highest BCUT2D eigenvalue weighted by Gasteiger charge is 2.07. The molecule has 0 bridgehead atoms. The van der Waals surface area contributed by atoms with E-state index in [0.717, 1.165) is 22.4 Å². The predicted molar refractivity (Wildman–Crippen MR) is 81.2 cm³/mol. The number of aromatic nitrogens is 2. The molecule has 20 heavy (non-hydrogen) atoms. The molecule has 2 rings (SSSR count). The molecular formula is C13H17N3O2S2. The van der Waals surface area contributed by atoms with E-state index >= 15 is 0 Å². The van der Waals surface area contributed by atoms with Crippen molar-refractivity contribution in [2.24, 2.45) is 0 Å². The summed E-state index contributed by atoms with van der Waals surface area (Å²) in [6.45, 7) is 4.96. The number of hydrogen-bond donors (Lipinski definition) is 1. The third kappa shape index (κ3) is 4.57. The van der Waals surface area contributed by atoms with Gasteiger partial charge in [0.25, 0.3) is 0 Å². The smallest absolute Gasteiger partial charge is 0.306 e. The van der Waals surface area contributed by atoms with Crippen LogP contribution >= 0.6 is 22.7 Å². The Morgan fingerprint density at radius 2 is 2.35 bits per heavy atom. The van der Waals surface area contributed by atoms with E-state index in [4.69, 9.17) is 4.74 Å². The minimum absolute atomic E-state index is 0.171. The van der Waals surface area contributed by atoms with E-state index in [1.807, 2.05) is 25.4 Å². The van der Waals surface area contributed by atoms with Crippen LogP contribution < -0.4 is 5.32 Å². The zero-order chi connectivity index (χ0) is 14.4. The number of carbonyl (C=O) groups excluding carboxylic acids is 1. The van der Waals surface area contributed by atoms with Gasteiger partial charge in [-0.1, -0.05) is 0 Å². The molecule has 2 aromatic heterocycles. The van der Waals surface area contributed by atoms with Gasteiger partial charge in [0, 0.05) is 22.9 Å². The Morgan fingerprint density at radius 3 is 3.05 bits per heavy atom. The van der Waals surface area contributed by atoms with Crippen molar-refractivity contribution in [2.75, 3.05) is 11.9 Å². The summed E-state index contributed by atoms with van der Waals surface area (Å²) in [5, 5.41) is 7.18. The first-order chi connectivity index (χ1) is 9.67. The van der Waals surface area contributed by atoms with Crippen molar-refractivity contribution in [1.82, 2.24) is 9.97 Å². The second-order valence-corrected chi connectivity index (χ2v) is 6.33. The van der Waals surface area contributed by atoms with E-state index < -0.39 is 0 Å². The lowest BCUT2D eigenvalue weighted by Crippen LogP contribution is -2.05. The quantitative estimate of drug-likeness (QED) is 0.796. The van der Waals surface area contributed by atoms with Crippen LogP contribution in [-0.4, -0.2) is 22.5 Å². The summed E-state index contributed by atoms with van der Waals surface area (Å²) >= 11 is 3.23. The number of thiazole rings is 2. The molecule has 0 aliphatic rings. The number of ether oxygens (including phenoxy) is 1. The van der Waals surface area contributed by atoms with Crippen molar-refractivity contribution in [1.29, 1.82) is 0 Å². The Labute approximate surface area is 126 Å². The molecule has 2 heterocycles. The third-order valence-corrected chi connectivity index (χ3v) is 4.29. The summed E-state index contributed by atoms with van der Waals surface area (Å²) < 4.78 is 4.89. The van der Waals surface area contributed by atoms with Crippen molar-refractivity contribution < 1.29 is 9.53 Å².